The molecule has 1 N–H and O–H groups in total. The standard InChI is InChI=1S/C26H23ClN4O3S2/c1-4-13-31-23(18-7-5-6-8-20(18)27)29-30-26(31)36-15-21(32)28-24-22(25(33)34-3)19(14-35-24)17-11-9-16(2)10-12-17/h4-12,14H,1,13,15H2,2-3H3,(H,28,32). The lowest BCUT2D eigenvalue weighted by molar-refractivity contribution is -0.113. The summed E-state index contributed by atoms with van der Waals surface area (Å²) in [5.74, 6) is -0.131. The number of carbonyl (C=O) groups is 2. The van der Waals surface area contributed by atoms with Crippen LogP contribution in [0.4, 0.5) is 5.00 Å². The third kappa shape index (κ3) is 5.53. The number of aryl methyl sites for hydroxylation is 1. The van der Waals surface area contributed by atoms with Gasteiger partial charge >= 0.3 is 5.97 Å². The summed E-state index contributed by atoms with van der Waals surface area (Å²) in [6, 6.07) is 15.2. The van der Waals surface area contributed by atoms with Crippen molar-refractivity contribution in [3.63, 3.8) is 0 Å². The van der Waals surface area contributed by atoms with Crippen LogP contribution in [0.5, 0.6) is 0 Å². The molecule has 0 bridgehead atoms. The van der Waals surface area contributed by atoms with E-state index in [4.69, 9.17) is 16.3 Å². The molecule has 0 aliphatic heterocycles. The van der Waals surface area contributed by atoms with Crippen LogP contribution in [0.1, 0.15) is 15.9 Å². The van der Waals surface area contributed by atoms with Crippen molar-refractivity contribution < 1.29 is 14.3 Å². The van der Waals surface area contributed by atoms with E-state index in [9.17, 15) is 9.59 Å². The summed E-state index contributed by atoms with van der Waals surface area (Å²) in [5.41, 5.74) is 3.78. The van der Waals surface area contributed by atoms with Gasteiger partial charge in [-0.25, -0.2) is 4.79 Å². The molecule has 4 rings (SSSR count). The fourth-order valence-corrected chi connectivity index (χ4v) is 5.47. The first-order chi connectivity index (χ1) is 17.4. The van der Waals surface area contributed by atoms with Gasteiger partial charge in [-0.2, -0.15) is 0 Å². The smallest absolute Gasteiger partial charge is 0.341 e. The molecule has 0 atom stereocenters. The van der Waals surface area contributed by atoms with E-state index < -0.39 is 5.97 Å². The highest BCUT2D eigenvalue weighted by atomic mass is 35.5. The Balaban J connectivity index is 1.53. The van der Waals surface area contributed by atoms with Gasteiger partial charge in [0.1, 0.15) is 10.6 Å². The lowest BCUT2D eigenvalue weighted by Gasteiger charge is -2.10. The summed E-state index contributed by atoms with van der Waals surface area (Å²) in [4.78, 5) is 25.4. The maximum absolute atomic E-state index is 12.9. The average molecular weight is 539 g/mol. The Labute approximate surface area is 222 Å². The molecule has 0 saturated heterocycles. The highest BCUT2D eigenvalue weighted by Crippen LogP contribution is 2.36. The number of nitrogens with one attached hydrogen (secondary N) is 1. The van der Waals surface area contributed by atoms with E-state index in [1.165, 1.54) is 30.2 Å². The quantitative estimate of drug-likeness (QED) is 0.152. The molecule has 36 heavy (non-hydrogen) atoms. The molecule has 0 fully saturated rings. The van der Waals surface area contributed by atoms with Gasteiger partial charge in [0, 0.05) is 23.1 Å². The summed E-state index contributed by atoms with van der Waals surface area (Å²) in [7, 11) is 1.32. The van der Waals surface area contributed by atoms with Crippen molar-refractivity contribution in [3.8, 4) is 22.5 Å². The second-order valence-electron chi connectivity index (χ2n) is 7.73. The molecule has 0 saturated carbocycles. The number of carbonyl (C=O) groups excluding carboxylic acids is 2. The number of esters is 1. The zero-order chi connectivity index (χ0) is 25.7. The summed E-state index contributed by atoms with van der Waals surface area (Å²) >= 11 is 8.87. The third-order valence-corrected chi connectivity index (χ3v) is 7.46. The molecule has 0 spiro atoms. The maximum Gasteiger partial charge on any atom is 0.341 e. The van der Waals surface area contributed by atoms with Gasteiger partial charge in [0.05, 0.1) is 17.9 Å². The molecule has 0 unspecified atom stereocenters. The number of anilines is 1. The zero-order valence-corrected chi connectivity index (χ0v) is 22.0. The molecule has 10 heteroatoms. The Bertz CT molecular complexity index is 1410. The number of hydrogen-bond donors (Lipinski definition) is 1. The molecule has 0 aliphatic carbocycles. The van der Waals surface area contributed by atoms with Crippen molar-refractivity contribution in [1.82, 2.24) is 14.8 Å². The molecule has 0 radical (unpaired) electrons. The number of aromatic nitrogens is 3. The van der Waals surface area contributed by atoms with Gasteiger partial charge in [0.25, 0.3) is 0 Å². The number of thioether (sulfide) groups is 1. The van der Waals surface area contributed by atoms with Crippen LogP contribution in [-0.2, 0) is 16.1 Å². The van der Waals surface area contributed by atoms with Crippen LogP contribution in [-0.4, -0.2) is 39.5 Å². The van der Waals surface area contributed by atoms with Crippen LogP contribution in [0.15, 0.2) is 71.7 Å². The second-order valence-corrected chi connectivity index (χ2v) is 9.96. The van der Waals surface area contributed by atoms with E-state index in [1.54, 1.807) is 12.1 Å². The lowest BCUT2D eigenvalue weighted by atomic mass is 10.0. The van der Waals surface area contributed by atoms with Crippen molar-refractivity contribution >= 4 is 51.6 Å². The number of allylic oxidation sites excluding steroid dienone is 1. The van der Waals surface area contributed by atoms with E-state index in [0.29, 0.717) is 38.7 Å². The molecule has 2 aromatic carbocycles. The van der Waals surface area contributed by atoms with Gasteiger partial charge in [-0.15, -0.1) is 28.1 Å². The van der Waals surface area contributed by atoms with Gasteiger partial charge in [0.2, 0.25) is 5.91 Å². The van der Waals surface area contributed by atoms with Gasteiger partial charge in [0.15, 0.2) is 11.0 Å². The second kappa shape index (κ2) is 11.6. The van der Waals surface area contributed by atoms with E-state index >= 15 is 0 Å². The lowest BCUT2D eigenvalue weighted by Crippen LogP contribution is -2.16. The van der Waals surface area contributed by atoms with Crippen LogP contribution < -0.4 is 5.32 Å². The van der Waals surface area contributed by atoms with Crippen LogP contribution >= 0.6 is 34.7 Å². The number of rotatable bonds is 9. The summed E-state index contributed by atoms with van der Waals surface area (Å²) in [5, 5.41) is 14.8. The Morgan fingerprint density at radius 2 is 1.92 bits per heavy atom. The molecule has 0 aliphatic rings. The first kappa shape index (κ1) is 25.7. The largest absolute Gasteiger partial charge is 0.465 e. The predicted octanol–water partition coefficient (Wildman–Crippen LogP) is 6.34. The number of nitrogens with zero attached hydrogens (tertiary/aromatic N) is 3. The van der Waals surface area contributed by atoms with Crippen LogP contribution in [0.2, 0.25) is 5.02 Å². The molecular weight excluding hydrogens is 516 g/mol. The Hall–Kier alpha value is -3.40. The molecule has 184 valence electrons. The average Bonchev–Trinajstić information content (AvgIpc) is 3.47. The predicted molar refractivity (Wildman–Crippen MR) is 146 cm³/mol. The molecule has 1 amide bonds. The number of amides is 1. The fourth-order valence-electron chi connectivity index (χ4n) is 3.52. The minimum Gasteiger partial charge on any atom is -0.465 e. The Kier molecular flexibility index (Phi) is 8.25. The van der Waals surface area contributed by atoms with Gasteiger partial charge in [-0.05, 0) is 24.6 Å². The number of hydrogen-bond acceptors (Lipinski definition) is 7. The van der Waals surface area contributed by atoms with Crippen LogP contribution in [0, 0.1) is 6.92 Å². The number of benzene rings is 2. The van der Waals surface area contributed by atoms with Crippen molar-refractivity contribution in [2.75, 3.05) is 18.2 Å². The Morgan fingerprint density at radius 3 is 2.61 bits per heavy atom. The minimum atomic E-state index is -0.509. The Morgan fingerprint density at radius 1 is 1.17 bits per heavy atom. The van der Waals surface area contributed by atoms with Crippen molar-refractivity contribution in [2.24, 2.45) is 0 Å². The van der Waals surface area contributed by atoms with Crippen molar-refractivity contribution in [1.29, 1.82) is 0 Å². The van der Waals surface area contributed by atoms with Gasteiger partial charge < -0.3 is 10.1 Å². The summed E-state index contributed by atoms with van der Waals surface area (Å²) in [6.07, 6.45) is 1.73. The highest BCUT2D eigenvalue weighted by molar-refractivity contribution is 7.99. The fraction of sp³-hybridized carbons (Fsp3) is 0.154. The van der Waals surface area contributed by atoms with Gasteiger partial charge in [-0.3, -0.25) is 9.36 Å². The minimum absolute atomic E-state index is 0.0657. The monoisotopic (exact) mass is 538 g/mol. The number of thiophene rings is 1. The van der Waals surface area contributed by atoms with E-state index in [2.05, 4.69) is 22.1 Å². The summed E-state index contributed by atoms with van der Waals surface area (Å²) in [6.45, 7) is 6.26. The van der Waals surface area contributed by atoms with Crippen LogP contribution in [0.3, 0.4) is 0 Å². The third-order valence-electron chi connectivity index (χ3n) is 5.27. The number of methoxy groups -OCH3 is 1. The normalized spacial score (nSPS) is 10.8. The molecular formula is C26H23ClN4O3S2. The van der Waals surface area contributed by atoms with Gasteiger partial charge in [-0.1, -0.05) is 71.4 Å². The topological polar surface area (TPSA) is 86.1 Å². The number of halogens is 1. The number of ether oxygens (including phenoxy) is 1. The van der Waals surface area contributed by atoms with Crippen molar-refractivity contribution in [3.05, 3.63) is 82.7 Å². The van der Waals surface area contributed by atoms with E-state index in [-0.39, 0.29) is 11.7 Å². The van der Waals surface area contributed by atoms with E-state index in [0.717, 1.165) is 16.7 Å². The van der Waals surface area contributed by atoms with E-state index in [1.807, 2.05) is 59.3 Å². The van der Waals surface area contributed by atoms with Crippen LogP contribution in [0.25, 0.3) is 22.5 Å². The molecule has 4 aromatic rings. The SMILES string of the molecule is C=CCn1c(SCC(=O)Nc2scc(-c3ccc(C)cc3)c2C(=O)OC)nnc1-c1ccccc1Cl. The van der Waals surface area contributed by atoms with Crippen molar-refractivity contribution in [2.45, 2.75) is 18.6 Å². The summed E-state index contributed by atoms with van der Waals surface area (Å²) < 4.78 is 6.85. The maximum atomic E-state index is 12.9. The molecule has 7 nitrogen and oxygen atoms in total. The molecule has 2 aromatic heterocycles. The zero-order valence-electron chi connectivity index (χ0n) is 19.7. The highest BCUT2D eigenvalue weighted by Gasteiger charge is 2.23. The first-order valence-electron chi connectivity index (χ1n) is 10.9. The first-order valence-corrected chi connectivity index (χ1v) is 13.2. The molecule has 2 heterocycles.